The first-order valence-corrected chi connectivity index (χ1v) is 9.98. The Hall–Kier alpha value is -0.960. The average Bonchev–Trinajstić information content (AvgIpc) is 2.30. The molecule has 1 unspecified atom stereocenters. The molecule has 0 saturated heterocycles. The minimum Gasteiger partial charge on any atom is -0.396 e. The molecule has 0 aliphatic carbocycles. The smallest absolute Gasteiger partial charge is 0.396 e. The standard InChI is InChI=1S/C4H10O2.2C3H3F5O3S/c1-4(6)2-3-5;2*4-2(5,3(6,7)8)1-12(9,10)11/h4-6H,2-3H2,1H3;2*1H2,(H,9,10,11). The van der Waals surface area contributed by atoms with Crippen LogP contribution in [0.2, 0.25) is 0 Å². The molecule has 0 saturated carbocycles. The summed E-state index contributed by atoms with van der Waals surface area (Å²) in [4.78, 5) is 0. The predicted octanol–water partition coefficient (Wildman–Crippen LogP) is 1.89. The van der Waals surface area contributed by atoms with E-state index in [1.165, 1.54) is 0 Å². The van der Waals surface area contributed by atoms with E-state index in [1.807, 2.05) is 0 Å². The van der Waals surface area contributed by atoms with Crippen molar-refractivity contribution in [2.45, 2.75) is 43.6 Å². The van der Waals surface area contributed by atoms with Gasteiger partial charge in [-0.05, 0) is 13.3 Å². The number of aliphatic hydroxyl groups is 2. The van der Waals surface area contributed by atoms with Gasteiger partial charge < -0.3 is 10.2 Å². The molecule has 0 aliphatic heterocycles. The first-order valence-electron chi connectivity index (χ1n) is 6.77. The molecule has 0 bridgehead atoms. The zero-order valence-corrected chi connectivity index (χ0v) is 16.1. The van der Waals surface area contributed by atoms with Crippen molar-refractivity contribution in [2.24, 2.45) is 0 Å². The molecule has 186 valence electrons. The molecular formula is C10H16F10O8S2. The van der Waals surface area contributed by atoms with E-state index in [1.54, 1.807) is 6.92 Å². The van der Waals surface area contributed by atoms with Gasteiger partial charge >= 0.3 is 24.2 Å². The highest BCUT2D eigenvalue weighted by Crippen LogP contribution is 2.36. The van der Waals surface area contributed by atoms with E-state index in [2.05, 4.69) is 0 Å². The largest absolute Gasteiger partial charge is 0.454 e. The zero-order chi connectivity index (χ0) is 25.4. The van der Waals surface area contributed by atoms with Crippen LogP contribution in [0.25, 0.3) is 0 Å². The third kappa shape index (κ3) is 17.9. The highest BCUT2D eigenvalue weighted by atomic mass is 32.2. The highest BCUT2D eigenvalue weighted by Gasteiger charge is 2.60. The maximum absolute atomic E-state index is 11.8. The van der Waals surface area contributed by atoms with E-state index >= 15 is 0 Å². The molecule has 0 aliphatic rings. The van der Waals surface area contributed by atoms with Crippen molar-refractivity contribution in [3.63, 3.8) is 0 Å². The van der Waals surface area contributed by atoms with Crippen molar-refractivity contribution < 1.29 is 80.1 Å². The molecule has 0 spiro atoms. The van der Waals surface area contributed by atoms with Crippen molar-refractivity contribution in [1.82, 2.24) is 0 Å². The number of alkyl halides is 10. The maximum Gasteiger partial charge on any atom is 0.454 e. The van der Waals surface area contributed by atoms with Crippen molar-refractivity contribution in [1.29, 1.82) is 0 Å². The van der Waals surface area contributed by atoms with E-state index in [-0.39, 0.29) is 12.7 Å². The summed E-state index contributed by atoms with van der Waals surface area (Å²) in [5.74, 6) is -16.1. The summed E-state index contributed by atoms with van der Waals surface area (Å²) >= 11 is 0. The van der Waals surface area contributed by atoms with Crippen LogP contribution < -0.4 is 0 Å². The molecular weight excluding hydrogens is 502 g/mol. The number of hydrogen-bond donors (Lipinski definition) is 4. The lowest BCUT2D eigenvalue weighted by molar-refractivity contribution is -0.271. The minimum atomic E-state index is -5.97. The number of rotatable bonds is 6. The van der Waals surface area contributed by atoms with Gasteiger partial charge in [0.2, 0.25) is 0 Å². The van der Waals surface area contributed by atoms with Crippen LogP contribution in [-0.4, -0.2) is 84.6 Å². The molecule has 1 atom stereocenters. The lowest BCUT2D eigenvalue weighted by Gasteiger charge is -2.17. The Labute approximate surface area is 163 Å². The average molecular weight is 518 g/mol. The monoisotopic (exact) mass is 518 g/mol. The second-order valence-corrected chi connectivity index (χ2v) is 8.12. The molecule has 30 heavy (non-hydrogen) atoms. The van der Waals surface area contributed by atoms with Gasteiger partial charge in [-0.15, -0.1) is 0 Å². The Morgan fingerprint density at radius 3 is 0.967 bits per heavy atom. The van der Waals surface area contributed by atoms with E-state index in [4.69, 9.17) is 19.3 Å². The number of halogens is 10. The number of hydrogen-bond acceptors (Lipinski definition) is 6. The predicted molar refractivity (Wildman–Crippen MR) is 78.2 cm³/mol. The summed E-state index contributed by atoms with van der Waals surface area (Å²) in [7, 11) is -10.7. The van der Waals surface area contributed by atoms with Crippen molar-refractivity contribution in [3.8, 4) is 0 Å². The van der Waals surface area contributed by atoms with Crippen molar-refractivity contribution in [3.05, 3.63) is 0 Å². The van der Waals surface area contributed by atoms with Crippen LogP contribution in [0.15, 0.2) is 0 Å². The zero-order valence-electron chi connectivity index (χ0n) is 14.4. The molecule has 0 aromatic heterocycles. The van der Waals surface area contributed by atoms with E-state index in [0.29, 0.717) is 6.42 Å². The summed E-state index contributed by atoms with van der Waals surface area (Å²) in [6.45, 7) is 1.73. The summed E-state index contributed by atoms with van der Waals surface area (Å²) in [6.07, 6.45) is -11.8. The molecule has 0 amide bonds. The molecule has 0 radical (unpaired) electrons. The van der Waals surface area contributed by atoms with E-state index < -0.39 is 55.9 Å². The first-order chi connectivity index (χ1) is 12.7. The van der Waals surface area contributed by atoms with Gasteiger partial charge in [0, 0.05) is 6.61 Å². The quantitative estimate of drug-likeness (QED) is 0.308. The van der Waals surface area contributed by atoms with Gasteiger partial charge in [0.15, 0.2) is 0 Å². The SMILES string of the molecule is CC(O)CCO.O=S(=O)(O)CC(F)(F)C(F)(F)F.O=S(=O)(O)CC(F)(F)C(F)(F)F. The lowest BCUT2D eigenvalue weighted by atomic mass is 10.3. The topological polar surface area (TPSA) is 149 Å². The molecule has 0 rings (SSSR count). The Morgan fingerprint density at radius 2 is 0.933 bits per heavy atom. The molecule has 20 heteroatoms. The van der Waals surface area contributed by atoms with Crippen molar-refractivity contribution in [2.75, 3.05) is 18.1 Å². The minimum absolute atomic E-state index is 0.0810. The molecule has 0 aromatic carbocycles. The van der Waals surface area contributed by atoms with Gasteiger partial charge in [-0.1, -0.05) is 0 Å². The fourth-order valence-corrected chi connectivity index (χ4v) is 2.05. The summed E-state index contributed by atoms with van der Waals surface area (Å²) in [6, 6.07) is 0. The Bertz CT molecular complexity index is 641. The molecule has 0 aromatic rings. The van der Waals surface area contributed by atoms with Crippen LogP contribution in [0.4, 0.5) is 43.9 Å². The van der Waals surface area contributed by atoms with E-state index in [0.717, 1.165) is 0 Å². The van der Waals surface area contributed by atoms with Gasteiger partial charge in [-0.25, -0.2) is 0 Å². The van der Waals surface area contributed by atoms with Gasteiger partial charge in [0.1, 0.15) is 11.5 Å². The first kappa shape index (κ1) is 33.7. The molecule has 0 heterocycles. The Morgan fingerprint density at radius 1 is 0.700 bits per heavy atom. The lowest BCUT2D eigenvalue weighted by Crippen LogP contribution is -2.42. The van der Waals surface area contributed by atoms with Gasteiger partial charge in [-0.2, -0.15) is 60.7 Å². The molecule has 8 nitrogen and oxygen atoms in total. The normalized spacial score (nSPS) is 14.8. The highest BCUT2D eigenvalue weighted by molar-refractivity contribution is 7.86. The van der Waals surface area contributed by atoms with Crippen LogP contribution in [0, 0.1) is 0 Å². The van der Waals surface area contributed by atoms with Crippen LogP contribution in [0.3, 0.4) is 0 Å². The van der Waals surface area contributed by atoms with Crippen LogP contribution in [0.1, 0.15) is 13.3 Å². The second kappa shape index (κ2) is 11.6. The third-order valence-corrected chi connectivity index (χ3v) is 3.56. The summed E-state index contributed by atoms with van der Waals surface area (Å²) < 4.78 is 169. The number of aliphatic hydroxyl groups excluding tert-OH is 2. The van der Waals surface area contributed by atoms with Crippen LogP contribution in [0.5, 0.6) is 0 Å². The van der Waals surface area contributed by atoms with Gasteiger partial charge in [0.25, 0.3) is 20.2 Å². The fourth-order valence-electron chi connectivity index (χ4n) is 0.809. The second-order valence-electron chi connectivity index (χ2n) is 5.22. The Balaban J connectivity index is -0.000000386. The summed E-state index contributed by atoms with van der Waals surface area (Å²) in [5, 5.41) is 16.5. The molecule has 0 fully saturated rings. The van der Waals surface area contributed by atoms with Crippen LogP contribution in [-0.2, 0) is 20.2 Å². The van der Waals surface area contributed by atoms with Gasteiger partial charge in [-0.3, -0.25) is 9.11 Å². The summed E-state index contributed by atoms with van der Waals surface area (Å²) in [5.41, 5.74) is 0. The fraction of sp³-hybridized carbons (Fsp3) is 1.00. The maximum atomic E-state index is 11.8. The molecule has 4 N–H and O–H groups in total. The van der Waals surface area contributed by atoms with Gasteiger partial charge in [0.05, 0.1) is 6.10 Å². The third-order valence-electron chi connectivity index (χ3n) is 2.10. The van der Waals surface area contributed by atoms with E-state index in [9.17, 15) is 60.7 Å². The van der Waals surface area contributed by atoms with Crippen LogP contribution >= 0.6 is 0 Å². The Kier molecular flexibility index (Phi) is 13.0. The van der Waals surface area contributed by atoms with Crippen molar-refractivity contribution >= 4 is 20.2 Å².